The van der Waals surface area contributed by atoms with Crippen molar-refractivity contribution in [2.45, 2.75) is 18.8 Å². The van der Waals surface area contributed by atoms with Gasteiger partial charge in [0.1, 0.15) is 0 Å². The monoisotopic (exact) mass is 532 g/mol. The molecule has 0 bridgehead atoms. The zero-order valence-corrected chi connectivity index (χ0v) is 19.9. The van der Waals surface area contributed by atoms with Gasteiger partial charge in [-0.05, 0) is 42.3 Å². The molecule has 0 saturated carbocycles. The third-order valence-corrected chi connectivity index (χ3v) is 6.06. The maximum atomic E-state index is 13.3. The van der Waals surface area contributed by atoms with E-state index in [0.29, 0.717) is 26.9 Å². The summed E-state index contributed by atoms with van der Waals surface area (Å²) in [6.45, 7) is 0. The van der Waals surface area contributed by atoms with Gasteiger partial charge in [0.25, 0.3) is 0 Å². The second-order valence-electron chi connectivity index (χ2n) is 6.98. The SMILES string of the molecule is O=C(CC/C(=N/O)C(C(=O)c1ccc(Br)cc1)c1ccccc1)Nc1ccc(Cl)c(Cl)c1. The molecule has 0 aliphatic rings. The molecule has 0 radical (unpaired) electrons. The highest BCUT2D eigenvalue weighted by molar-refractivity contribution is 9.10. The number of ketones is 1. The highest BCUT2D eigenvalue weighted by Gasteiger charge is 2.28. The molecule has 2 N–H and O–H groups in total. The minimum absolute atomic E-state index is 0.0105. The quantitative estimate of drug-likeness (QED) is 0.142. The van der Waals surface area contributed by atoms with E-state index in [0.717, 1.165) is 4.47 Å². The van der Waals surface area contributed by atoms with Crippen molar-refractivity contribution in [3.63, 3.8) is 0 Å². The molecule has 3 aromatic carbocycles. The molecule has 164 valence electrons. The minimum Gasteiger partial charge on any atom is -0.411 e. The molecule has 1 atom stereocenters. The highest BCUT2D eigenvalue weighted by Crippen LogP contribution is 2.27. The second kappa shape index (κ2) is 11.3. The number of nitrogens with zero attached hydrogens (tertiary/aromatic N) is 1. The van der Waals surface area contributed by atoms with Gasteiger partial charge in [-0.15, -0.1) is 0 Å². The average Bonchev–Trinajstić information content (AvgIpc) is 2.79. The first-order chi connectivity index (χ1) is 15.4. The van der Waals surface area contributed by atoms with Crippen LogP contribution in [0.25, 0.3) is 0 Å². The van der Waals surface area contributed by atoms with Gasteiger partial charge >= 0.3 is 0 Å². The lowest BCUT2D eigenvalue weighted by molar-refractivity contribution is -0.116. The van der Waals surface area contributed by atoms with Gasteiger partial charge in [-0.2, -0.15) is 0 Å². The number of halogens is 3. The van der Waals surface area contributed by atoms with Crippen LogP contribution in [0.2, 0.25) is 10.0 Å². The van der Waals surface area contributed by atoms with Gasteiger partial charge < -0.3 is 10.5 Å². The Morgan fingerprint density at radius 1 is 0.938 bits per heavy atom. The Balaban J connectivity index is 1.78. The van der Waals surface area contributed by atoms with Crippen LogP contribution in [0.5, 0.6) is 0 Å². The molecule has 1 amide bonds. The number of Topliss-reactive ketones (excluding diaryl/α,β-unsaturated/α-hetero) is 1. The number of rotatable bonds is 8. The Hall–Kier alpha value is -2.67. The van der Waals surface area contributed by atoms with Crippen molar-refractivity contribution in [3.05, 3.63) is 98.4 Å². The van der Waals surface area contributed by atoms with E-state index in [2.05, 4.69) is 26.4 Å². The van der Waals surface area contributed by atoms with Gasteiger partial charge in [-0.1, -0.05) is 86.8 Å². The van der Waals surface area contributed by atoms with E-state index in [1.54, 1.807) is 54.6 Å². The number of nitrogens with one attached hydrogen (secondary N) is 1. The first-order valence-corrected chi connectivity index (χ1v) is 11.2. The van der Waals surface area contributed by atoms with Crippen molar-refractivity contribution in [2.75, 3.05) is 5.32 Å². The molecule has 0 aliphatic heterocycles. The number of hydrogen-bond acceptors (Lipinski definition) is 4. The molecular formula is C24H19BrCl2N2O3. The molecule has 1 unspecified atom stereocenters. The molecular weight excluding hydrogens is 515 g/mol. The Bertz CT molecular complexity index is 1140. The van der Waals surface area contributed by atoms with E-state index in [9.17, 15) is 14.8 Å². The number of oxime groups is 1. The number of carbonyl (C=O) groups is 2. The van der Waals surface area contributed by atoms with Gasteiger partial charge in [0, 0.05) is 22.1 Å². The fraction of sp³-hybridized carbons (Fsp3) is 0.125. The van der Waals surface area contributed by atoms with E-state index < -0.39 is 5.92 Å². The second-order valence-corrected chi connectivity index (χ2v) is 8.71. The van der Waals surface area contributed by atoms with Crippen LogP contribution in [0.15, 0.2) is 82.4 Å². The Morgan fingerprint density at radius 2 is 1.62 bits per heavy atom. The molecule has 0 fully saturated rings. The lowest BCUT2D eigenvalue weighted by Crippen LogP contribution is -2.24. The maximum Gasteiger partial charge on any atom is 0.224 e. The summed E-state index contributed by atoms with van der Waals surface area (Å²) in [6.07, 6.45) is 0.0993. The minimum atomic E-state index is -0.819. The zero-order valence-electron chi connectivity index (χ0n) is 16.8. The number of anilines is 1. The third-order valence-electron chi connectivity index (χ3n) is 4.80. The van der Waals surface area contributed by atoms with Crippen LogP contribution in [0.3, 0.4) is 0 Å². The van der Waals surface area contributed by atoms with Crippen molar-refractivity contribution >= 4 is 62.2 Å². The van der Waals surface area contributed by atoms with Crippen molar-refractivity contribution in [1.29, 1.82) is 0 Å². The standard InChI is InChI=1S/C24H19BrCl2N2O3/c25-17-8-6-16(7-9-17)24(31)23(15-4-2-1-3-5-15)21(29-32)12-13-22(30)28-18-10-11-19(26)20(27)14-18/h1-11,14,23,32H,12-13H2,(H,28,30)/b29-21-. The molecule has 5 nitrogen and oxygen atoms in total. The van der Waals surface area contributed by atoms with Crippen LogP contribution in [-0.4, -0.2) is 22.6 Å². The fourth-order valence-corrected chi connectivity index (χ4v) is 3.77. The normalized spacial score (nSPS) is 12.3. The molecule has 3 rings (SSSR count). The summed E-state index contributed by atoms with van der Waals surface area (Å²) in [5.41, 5.74) is 1.85. The Labute approximate surface area is 204 Å². The molecule has 0 aliphatic carbocycles. The van der Waals surface area contributed by atoms with Gasteiger partial charge in [-0.3, -0.25) is 9.59 Å². The molecule has 0 saturated heterocycles. The van der Waals surface area contributed by atoms with Gasteiger partial charge in [-0.25, -0.2) is 0 Å². The number of carbonyl (C=O) groups excluding carboxylic acids is 2. The smallest absolute Gasteiger partial charge is 0.224 e. The van der Waals surface area contributed by atoms with E-state index >= 15 is 0 Å². The molecule has 32 heavy (non-hydrogen) atoms. The van der Waals surface area contributed by atoms with Crippen molar-refractivity contribution in [3.8, 4) is 0 Å². The van der Waals surface area contributed by atoms with Crippen LogP contribution in [0.1, 0.15) is 34.7 Å². The lowest BCUT2D eigenvalue weighted by Gasteiger charge is -2.18. The van der Waals surface area contributed by atoms with Gasteiger partial charge in [0.2, 0.25) is 5.91 Å². The lowest BCUT2D eigenvalue weighted by atomic mass is 9.85. The molecule has 0 heterocycles. The van der Waals surface area contributed by atoms with E-state index in [1.165, 1.54) is 0 Å². The van der Waals surface area contributed by atoms with Crippen molar-refractivity contribution in [2.24, 2.45) is 5.16 Å². The predicted octanol–water partition coefficient (Wildman–Crippen LogP) is 6.97. The topological polar surface area (TPSA) is 78.8 Å². The predicted molar refractivity (Wildman–Crippen MR) is 131 cm³/mol. The fourth-order valence-electron chi connectivity index (χ4n) is 3.21. The summed E-state index contributed by atoms with van der Waals surface area (Å²) >= 11 is 15.2. The first-order valence-electron chi connectivity index (χ1n) is 9.69. The zero-order chi connectivity index (χ0) is 23.1. The largest absolute Gasteiger partial charge is 0.411 e. The summed E-state index contributed by atoms with van der Waals surface area (Å²) in [6, 6.07) is 20.8. The molecule has 0 aromatic heterocycles. The Kier molecular flexibility index (Phi) is 8.45. The van der Waals surface area contributed by atoms with Crippen LogP contribution in [0, 0.1) is 0 Å². The summed E-state index contributed by atoms with van der Waals surface area (Å²) < 4.78 is 0.848. The van der Waals surface area contributed by atoms with Crippen molar-refractivity contribution < 1.29 is 14.8 Å². The van der Waals surface area contributed by atoms with Crippen LogP contribution in [-0.2, 0) is 4.79 Å². The first kappa shape index (κ1) is 24.0. The van der Waals surface area contributed by atoms with Gasteiger partial charge in [0.15, 0.2) is 5.78 Å². The average molecular weight is 534 g/mol. The number of benzene rings is 3. The summed E-state index contributed by atoms with van der Waals surface area (Å²) in [4.78, 5) is 25.8. The maximum absolute atomic E-state index is 13.3. The Morgan fingerprint density at radius 3 is 2.25 bits per heavy atom. The van der Waals surface area contributed by atoms with Crippen molar-refractivity contribution in [1.82, 2.24) is 0 Å². The number of amides is 1. The highest BCUT2D eigenvalue weighted by atomic mass is 79.9. The van der Waals surface area contributed by atoms with E-state index in [4.69, 9.17) is 23.2 Å². The number of hydrogen-bond donors (Lipinski definition) is 2. The summed E-state index contributed by atoms with van der Waals surface area (Å²) in [7, 11) is 0. The van der Waals surface area contributed by atoms with E-state index in [-0.39, 0.29) is 30.2 Å². The summed E-state index contributed by atoms with van der Waals surface area (Å²) in [5.74, 6) is -1.35. The van der Waals surface area contributed by atoms with Gasteiger partial charge in [0.05, 0.1) is 21.7 Å². The van der Waals surface area contributed by atoms with E-state index in [1.807, 2.05) is 18.2 Å². The molecule has 0 spiro atoms. The van der Waals surface area contributed by atoms with Crippen LogP contribution >= 0.6 is 39.1 Å². The molecule has 3 aromatic rings. The van der Waals surface area contributed by atoms with Crippen LogP contribution in [0.4, 0.5) is 5.69 Å². The third kappa shape index (κ3) is 6.19. The molecule has 8 heteroatoms. The van der Waals surface area contributed by atoms with Crippen LogP contribution < -0.4 is 5.32 Å². The summed E-state index contributed by atoms with van der Waals surface area (Å²) in [5, 5.41) is 16.6.